The average molecular weight is 394 g/mol. The molecule has 0 radical (unpaired) electrons. The number of rotatable bonds is 6. The summed E-state index contributed by atoms with van der Waals surface area (Å²) >= 11 is 0. The first-order valence-corrected chi connectivity index (χ1v) is 9.55. The van der Waals surface area contributed by atoms with Crippen LogP contribution in [0.2, 0.25) is 0 Å². The highest BCUT2D eigenvalue weighted by atomic mass is 16.5. The number of nitrogens with one attached hydrogen (secondary N) is 1. The summed E-state index contributed by atoms with van der Waals surface area (Å²) in [5.74, 6) is -0.956. The zero-order chi connectivity index (χ0) is 21.3. The maximum absolute atomic E-state index is 12.7. The van der Waals surface area contributed by atoms with Crippen LogP contribution in [-0.4, -0.2) is 41.4 Å². The lowest BCUT2D eigenvalue weighted by atomic mass is 10.0. The lowest BCUT2D eigenvalue weighted by Crippen LogP contribution is -2.50. The third-order valence-electron chi connectivity index (χ3n) is 5.03. The molecule has 0 aliphatic carbocycles. The SMILES string of the molecule is Cc1cc(C)c(NC(=O)COCC(C)(C)N2C(=O)c3ccccc3C2=O)c(C)c1. The van der Waals surface area contributed by atoms with Crippen LogP contribution < -0.4 is 5.32 Å². The van der Waals surface area contributed by atoms with Gasteiger partial charge in [-0.3, -0.25) is 19.3 Å². The van der Waals surface area contributed by atoms with E-state index in [0.29, 0.717) is 11.1 Å². The van der Waals surface area contributed by atoms with Crippen LogP contribution in [0.4, 0.5) is 5.69 Å². The molecule has 2 aromatic carbocycles. The first-order chi connectivity index (χ1) is 13.6. The van der Waals surface area contributed by atoms with Gasteiger partial charge in [0.05, 0.1) is 23.3 Å². The van der Waals surface area contributed by atoms with E-state index in [4.69, 9.17) is 4.74 Å². The summed E-state index contributed by atoms with van der Waals surface area (Å²) in [6.07, 6.45) is 0. The number of fused-ring (bicyclic) bond motifs is 1. The number of imide groups is 1. The molecule has 1 aliphatic heterocycles. The second kappa shape index (κ2) is 7.79. The number of carbonyl (C=O) groups is 3. The Balaban J connectivity index is 1.61. The van der Waals surface area contributed by atoms with Gasteiger partial charge in [0.2, 0.25) is 5.91 Å². The molecule has 6 heteroatoms. The van der Waals surface area contributed by atoms with Gasteiger partial charge in [-0.05, 0) is 57.9 Å². The molecule has 0 saturated carbocycles. The number of hydrogen-bond acceptors (Lipinski definition) is 4. The summed E-state index contributed by atoms with van der Waals surface area (Å²) in [6.45, 7) is 9.29. The maximum Gasteiger partial charge on any atom is 0.262 e. The molecule has 1 heterocycles. The lowest BCUT2D eigenvalue weighted by molar-refractivity contribution is -0.121. The highest BCUT2D eigenvalue weighted by Crippen LogP contribution is 2.29. The first kappa shape index (κ1) is 20.7. The van der Waals surface area contributed by atoms with Crippen molar-refractivity contribution in [3.63, 3.8) is 0 Å². The molecule has 29 heavy (non-hydrogen) atoms. The van der Waals surface area contributed by atoms with Crippen LogP contribution in [0.1, 0.15) is 51.3 Å². The normalized spacial score (nSPS) is 13.6. The number of nitrogens with zero attached hydrogens (tertiary/aromatic N) is 1. The Morgan fingerprint density at radius 2 is 1.52 bits per heavy atom. The second-order valence-electron chi connectivity index (χ2n) is 8.12. The van der Waals surface area contributed by atoms with Gasteiger partial charge >= 0.3 is 0 Å². The van der Waals surface area contributed by atoms with Gasteiger partial charge in [-0.25, -0.2) is 0 Å². The highest BCUT2D eigenvalue weighted by molar-refractivity contribution is 6.21. The Bertz CT molecular complexity index is 936. The van der Waals surface area contributed by atoms with Gasteiger partial charge in [0.25, 0.3) is 11.8 Å². The molecule has 152 valence electrons. The summed E-state index contributed by atoms with van der Waals surface area (Å²) < 4.78 is 5.59. The fourth-order valence-corrected chi connectivity index (χ4v) is 3.75. The quantitative estimate of drug-likeness (QED) is 0.759. The first-order valence-electron chi connectivity index (χ1n) is 9.55. The number of carbonyl (C=O) groups excluding carboxylic acids is 3. The molecule has 0 saturated heterocycles. The van der Waals surface area contributed by atoms with Crippen LogP contribution in [0.5, 0.6) is 0 Å². The molecule has 0 aromatic heterocycles. The van der Waals surface area contributed by atoms with Gasteiger partial charge in [0.15, 0.2) is 0 Å². The fraction of sp³-hybridized carbons (Fsp3) is 0.348. The summed E-state index contributed by atoms with van der Waals surface area (Å²) in [5, 5.41) is 2.88. The van der Waals surface area contributed by atoms with E-state index in [1.54, 1.807) is 38.1 Å². The van der Waals surface area contributed by atoms with E-state index in [2.05, 4.69) is 5.32 Å². The second-order valence-corrected chi connectivity index (χ2v) is 8.12. The number of hydrogen-bond donors (Lipinski definition) is 1. The molecule has 0 atom stereocenters. The molecule has 6 nitrogen and oxygen atoms in total. The molecule has 0 fully saturated rings. The zero-order valence-corrected chi connectivity index (χ0v) is 17.5. The van der Waals surface area contributed by atoms with Crippen molar-refractivity contribution >= 4 is 23.4 Å². The van der Waals surface area contributed by atoms with Crippen molar-refractivity contribution < 1.29 is 19.1 Å². The van der Waals surface area contributed by atoms with Crippen LogP contribution in [0.25, 0.3) is 0 Å². The minimum atomic E-state index is -0.886. The van der Waals surface area contributed by atoms with Crippen molar-refractivity contribution in [3.05, 3.63) is 64.2 Å². The minimum Gasteiger partial charge on any atom is -0.369 e. The molecule has 2 aromatic rings. The third kappa shape index (κ3) is 4.07. The summed E-state index contributed by atoms with van der Waals surface area (Å²) in [7, 11) is 0. The summed E-state index contributed by atoms with van der Waals surface area (Å²) in [4.78, 5) is 38.9. The number of benzene rings is 2. The van der Waals surface area contributed by atoms with Crippen LogP contribution in [0.15, 0.2) is 36.4 Å². The van der Waals surface area contributed by atoms with Gasteiger partial charge < -0.3 is 10.1 Å². The third-order valence-corrected chi connectivity index (χ3v) is 5.03. The molecule has 3 rings (SSSR count). The molecule has 0 spiro atoms. The number of aryl methyl sites for hydroxylation is 3. The average Bonchev–Trinajstić information content (AvgIpc) is 2.90. The Morgan fingerprint density at radius 3 is 2.03 bits per heavy atom. The van der Waals surface area contributed by atoms with E-state index in [9.17, 15) is 14.4 Å². The minimum absolute atomic E-state index is 0.0533. The van der Waals surface area contributed by atoms with Crippen molar-refractivity contribution in [2.75, 3.05) is 18.5 Å². The largest absolute Gasteiger partial charge is 0.369 e. The fourth-order valence-electron chi connectivity index (χ4n) is 3.75. The molecular formula is C23H26N2O4. The predicted octanol–water partition coefficient (Wildman–Crippen LogP) is 3.64. The van der Waals surface area contributed by atoms with Gasteiger partial charge in [-0.1, -0.05) is 29.8 Å². The molecule has 1 aliphatic rings. The van der Waals surface area contributed by atoms with Crippen LogP contribution in [0, 0.1) is 20.8 Å². The van der Waals surface area contributed by atoms with E-state index in [0.717, 1.165) is 22.4 Å². The van der Waals surface area contributed by atoms with Crippen molar-refractivity contribution in [3.8, 4) is 0 Å². The Hall–Kier alpha value is -2.99. The topological polar surface area (TPSA) is 75.7 Å². The van der Waals surface area contributed by atoms with Crippen molar-refractivity contribution in [1.82, 2.24) is 4.90 Å². The van der Waals surface area contributed by atoms with Gasteiger partial charge in [-0.2, -0.15) is 0 Å². The van der Waals surface area contributed by atoms with Gasteiger partial charge in [0, 0.05) is 5.69 Å². The van der Waals surface area contributed by atoms with Crippen molar-refractivity contribution in [1.29, 1.82) is 0 Å². The predicted molar refractivity (Wildman–Crippen MR) is 111 cm³/mol. The monoisotopic (exact) mass is 394 g/mol. The van der Waals surface area contributed by atoms with E-state index < -0.39 is 5.54 Å². The summed E-state index contributed by atoms with van der Waals surface area (Å²) in [5.41, 5.74) is 3.80. The Labute approximate surface area is 170 Å². The van der Waals surface area contributed by atoms with E-state index >= 15 is 0 Å². The molecule has 0 bridgehead atoms. The van der Waals surface area contributed by atoms with Gasteiger partial charge in [0.1, 0.15) is 6.61 Å². The van der Waals surface area contributed by atoms with Crippen LogP contribution in [-0.2, 0) is 9.53 Å². The molecule has 0 unspecified atom stereocenters. The van der Waals surface area contributed by atoms with E-state index in [-0.39, 0.29) is 30.9 Å². The van der Waals surface area contributed by atoms with Crippen LogP contribution in [0.3, 0.4) is 0 Å². The Kier molecular flexibility index (Phi) is 5.57. The number of amides is 3. The number of anilines is 1. The standard InChI is InChI=1S/C23H26N2O4/c1-14-10-15(2)20(16(3)11-14)24-19(26)12-29-13-23(4,5)25-21(27)17-8-6-7-9-18(17)22(25)28/h6-11H,12-13H2,1-5H3,(H,24,26). The smallest absolute Gasteiger partial charge is 0.262 e. The van der Waals surface area contributed by atoms with Crippen molar-refractivity contribution in [2.24, 2.45) is 0 Å². The van der Waals surface area contributed by atoms with E-state index in [1.807, 2.05) is 32.9 Å². The van der Waals surface area contributed by atoms with Crippen molar-refractivity contribution in [2.45, 2.75) is 40.2 Å². The number of ether oxygens (including phenoxy) is 1. The molecule has 1 N–H and O–H groups in total. The maximum atomic E-state index is 12.7. The highest BCUT2D eigenvalue weighted by Gasteiger charge is 2.44. The molecule has 3 amide bonds. The molecular weight excluding hydrogens is 368 g/mol. The van der Waals surface area contributed by atoms with Crippen LogP contribution >= 0.6 is 0 Å². The van der Waals surface area contributed by atoms with Gasteiger partial charge in [-0.15, -0.1) is 0 Å². The zero-order valence-electron chi connectivity index (χ0n) is 17.5. The Morgan fingerprint density at radius 1 is 1.00 bits per heavy atom. The lowest BCUT2D eigenvalue weighted by Gasteiger charge is -2.33. The van der Waals surface area contributed by atoms with E-state index in [1.165, 1.54) is 4.90 Å². The summed E-state index contributed by atoms with van der Waals surface area (Å²) in [6, 6.07) is 10.8.